The van der Waals surface area contributed by atoms with Crippen molar-refractivity contribution in [1.82, 2.24) is 5.32 Å². The standard InChI is InChI=1S/C9H10BrNO3S/c1-14-9(13)8(12)11-3-2-7-4-6(10)5-15-7/h4-5H,2-3H2,1H3,(H,11,12). The van der Waals surface area contributed by atoms with Crippen LogP contribution in [0.5, 0.6) is 0 Å². The van der Waals surface area contributed by atoms with Gasteiger partial charge in [0.1, 0.15) is 0 Å². The third-order valence-corrected chi connectivity index (χ3v) is 3.41. The summed E-state index contributed by atoms with van der Waals surface area (Å²) in [6, 6.07) is 1.98. The number of hydrogen-bond donors (Lipinski definition) is 1. The molecule has 0 radical (unpaired) electrons. The Bertz CT molecular complexity index is 364. The highest BCUT2D eigenvalue weighted by molar-refractivity contribution is 9.10. The Morgan fingerprint density at radius 3 is 2.87 bits per heavy atom. The van der Waals surface area contributed by atoms with E-state index in [9.17, 15) is 9.59 Å². The highest BCUT2D eigenvalue weighted by Crippen LogP contribution is 2.19. The number of halogens is 1. The van der Waals surface area contributed by atoms with Crippen molar-refractivity contribution in [2.45, 2.75) is 6.42 Å². The van der Waals surface area contributed by atoms with Gasteiger partial charge in [0, 0.05) is 21.3 Å². The minimum absolute atomic E-state index is 0.431. The summed E-state index contributed by atoms with van der Waals surface area (Å²) in [7, 11) is 1.18. The van der Waals surface area contributed by atoms with Gasteiger partial charge in [0.05, 0.1) is 7.11 Å². The van der Waals surface area contributed by atoms with Crippen LogP contribution in [0.3, 0.4) is 0 Å². The first kappa shape index (κ1) is 12.2. The lowest BCUT2D eigenvalue weighted by molar-refractivity contribution is -0.152. The van der Waals surface area contributed by atoms with Gasteiger partial charge in [-0.1, -0.05) is 0 Å². The van der Waals surface area contributed by atoms with Crippen LogP contribution in [0.15, 0.2) is 15.9 Å². The van der Waals surface area contributed by atoms with Gasteiger partial charge < -0.3 is 10.1 Å². The number of amides is 1. The number of esters is 1. The number of rotatable bonds is 3. The number of nitrogens with one attached hydrogen (secondary N) is 1. The average molecular weight is 292 g/mol. The third-order valence-electron chi connectivity index (χ3n) is 1.65. The van der Waals surface area contributed by atoms with Crippen molar-refractivity contribution in [1.29, 1.82) is 0 Å². The van der Waals surface area contributed by atoms with Crippen molar-refractivity contribution >= 4 is 39.1 Å². The topological polar surface area (TPSA) is 55.4 Å². The fraction of sp³-hybridized carbons (Fsp3) is 0.333. The number of carbonyl (C=O) groups excluding carboxylic acids is 2. The van der Waals surface area contributed by atoms with Gasteiger partial charge in [-0.15, -0.1) is 11.3 Å². The van der Waals surface area contributed by atoms with E-state index in [0.29, 0.717) is 13.0 Å². The Balaban J connectivity index is 2.27. The second kappa shape index (κ2) is 5.87. The van der Waals surface area contributed by atoms with E-state index in [4.69, 9.17) is 0 Å². The lowest BCUT2D eigenvalue weighted by Crippen LogP contribution is -2.33. The number of hydrogen-bond acceptors (Lipinski definition) is 4. The molecule has 1 rings (SSSR count). The van der Waals surface area contributed by atoms with E-state index >= 15 is 0 Å². The van der Waals surface area contributed by atoms with Gasteiger partial charge in [-0.25, -0.2) is 4.79 Å². The summed E-state index contributed by atoms with van der Waals surface area (Å²) in [6.07, 6.45) is 0.707. The first-order valence-electron chi connectivity index (χ1n) is 4.22. The van der Waals surface area contributed by atoms with Crippen LogP contribution in [0.4, 0.5) is 0 Å². The summed E-state index contributed by atoms with van der Waals surface area (Å²) >= 11 is 4.94. The van der Waals surface area contributed by atoms with E-state index in [2.05, 4.69) is 26.0 Å². The molecule has 0 unspecified atom stereocenters. The molecule has 1 aromatic rings. The van der Waals surface area contributed by atoms with Crippen LogP contribution in [0.2, 0.25) is 0 Å². The van der Waals surface area contributed by atoms with Crippen molar-refractivity contribution in [3.63, 3.8) is 0 Å². The predicted molar refractivity (Wildman–Crippen MR) is 60.7 cm³/mol. The van der Waals surface area contributed by atoms with E-state index in [1.54, 1.807) is 11.3 Å². The highest BCUT2D eigenvalue weighted by Gasteiger charge is 2.12. The molecule has 1 heterocycles. The summed E-state index contributed by atoms with van der Waals surface area (Å²) in [6.45, 7) is 0.431. The molecule has 1 N–H and O–H groups in total. The van der Waals surface area contributed by atoms with Gasteiger partial charge in [-0.2, -0.15) is 0 Å². The van der Waals surface area contributed by atoms with Crippen LogP contribution in [0, 0.1) is 0 Å². The van der Waals surface area contributed by atoms with Gasteiger partial charge in [0.15, 0.2) is 0 Å². The first-order valence-corrected chi connectivity index (χ1v) is 5.90. The molecule has 0 atom stereocenters. The Morgan fingerprint density at radius 2 is 2.33 bits per heavy atom. The zero-order valence-electron chi connectivity index (χ0n) is 8.08. The number of ether oxygens (including phenoxy) is 1. The predicted octanol–water partition coefficient (Wildman–Crippen LogP) is 1.34. The molecule has 0 aliphatic rings. The van der Waals surface area contributed by atoms with Crippen LogP contribution in [0.25, 0.3) is 0 Å². The van der Waals surface area contributed by atoms with E-state index < -0.39 is 11.9 Å². The van der Waals surface area contributed by atoms with Gasteiger partial charge in [-0.05, 0) is 28.4 Å². The molecule has 0 bridgehead atoms. The number of thiophene rings is 1. The summed E-state index contributed by atoms with van der Waals surface area (Å²) in [5.74, 6) is -1.56. The largest absolute Gasteiger partial charge is 0.462 e. The second-order valence-corrected chi connectivity index (χ2v) is 4.64. The fourth-order valence-corrected chi connectivity index (χ4v) is 2.40. The minimum atomic E-state index is -0.859. The lowest BCUT2D eigenvalue weighted by atomic mass is 10.3. The van der Waals surface area contributed by atoms with Gasteiger partial charge in [0.25, 0.3) is 0 Å². The van der Waals surface area contributed by atoms with Gasteiger partial charge >= 0.3 is 11.9 Å². The van der Waals surface area contributed by atoms with Crippen LogP contribution >= 0.6 is 27.3 Å². The van der Waals surface area contributed by atoms with Crippen LogP contribution in [0.1, 0.15) is 4.88 Å². The van der Waals surface area contributed by atoms with Crippen molar-refractivity contribution in [2.24, 2.45) is 0 Å². The van der Waals surface area contributed by atoms with Crippen LogP contribution in [-0.2, 0) is 20.7 Å². The summed E-state index contributed by atoms with van der Waals surface area (Å²) in [5.41, 5.74) is 0. The Kier molecular flexibility index (Phi) is 4.77. The molecule has 1 aromatic heterocycles. The van der Waals surface area contributed by atoms with E-state index in [0.717, 1.165) is 9.35 Å². The fourth-order valence-electron chi connectivity index (χ4n) is 0.949. The normalized spacial score (nSPS) is 9.73. The van der Waals surface area contributed by atoms with Crippen molar-refractivity contribution in [2.75, 3.05) is 13.7 Å². The molecule has 0 aromatic carbocycles. The van der Waals surface area contributed by atoms with Crippen LogP contribution in [-0.4, -0.2) is 25.5 Å². The first-order chi connectivity index (χ1) is 7.13. The van der Waals surface area contributed by atoms with Crippen molar-refractivity contribution in [3.8, 4) is 0 Å². The molecule has 0 spiro atoms. The van der Waals surface area contributed by atoms with E-state index in [1.807, 2.05) is 11.4 Å². The zero-order chi connectivity index (χ0) is 11.3. The molecule has 0 fully saturated rings. The van der Waals surface area contributed by atoms with Gasteiger partial charge in [0.2, 0.25) is 0 Å². The monoisotopic (exact) mass is 291 g/mol. The molecule has 15 heavy (non-hydrogen) atoms. The van der Waals surface area contributed by atoms with Crippen molar-refractivity contribution in [3.05, 3.63) is 20.8 Å². The summed E-state index contributed by atoms with van der Waals surface area (Å²) in [5, 5.41) is 4.44. The quantitative estimate of drug-likeness (QED) is 0.675. The summed E-state index contributed by atoms with van der Waals surface area (Å²) in [4.78, 5) is 22.8. The number of methoxy groups -OCH3 is 1. The molecule has 0 saturated carbocycles. The maximum Gasteiger partial charge on any atom is 0.396 e. The minimum Gasteiger partial charge on any atom is -0.462 e. The second-order valence-electron chi connectivity index (χ2n) is 2.73. The molecule has 4 nitrogen and oxygen atoms in total. The SMILES string of the molecule is COC(=O)C(=O)NCCc1cc(Br)cs1. The van der Waals surface area contributed by atoms with E-state index in [-0.39, 0.29) is 0 Å². The highest BCUT2D eigenvalue weighted by atomic mass is 79.9. The Morgan fingerprint density at radius 1 is 1.60 bits per heavy atom. The Hall–Kier alpha value is -0.880. The molecule has 0 aliphatic carbocycles. The molecule has 0 aliphatic heterocycles. The molecule has 82 valence electrons. The average Bonchev–Trinajstić information content (AvgIpc) is 2.63. The zero-order valence-corrected chi connectivity index (χ0v) is 10.5. The third kappa shape index (κ3) is 4.01. The number of carbonyl (C=O) groups is 2. The van der Waals surface area contributed by atoms with Crippen LogP contribution < -0.4 is 5.32 Å². The molecular formula is C9H10BrNO3S. The summed E-state index contributed by atoms with van der Waals surface area (Å²) < 4.78 is 5.29. The Labute approximate surface area is 99.8 Å². The maximum absolute atomic E-state index is 11.0. The van der Waals surface area contributed by atoms with Crippen molar-refractivity contribution < 1.29 is 14.3 Å². The van der Waals surface area contributed by atoms with E-state index in [1.165, 1.54) is 7.11 Å². The molecule has 1 amide bonds. The molecule has 0 saturated heterocycles. The maximum atomic E-state index is 11.0. The van der Waals surface area contributed by atoms with Gasteiger partial charge in [-0.3, -0.25) is 4.79 Å². The lowest BCUT2D eigenvalue weighted by Gasteiger charge is -2.01. The molecule has 6 heteroatoms. The smallest absolute Gasteiger partial charge is 0.396 e. The molecular weight excluding hydrogens is 282 g/mol.